The summed E-state index contributed by atoms with van der Waals surface area (Å²) in [5.74, 6) is 0.842. The third-order valence-corrected chi connectivity index (χ3v) is 4.01. The van der Waals surface area contributed by atoms with Gasteiger partial charge in [0.2, 0.25) is 5.13 Å². The number of thiophene rings is 1. The van der Waals surface area contributed by atoms with Crippen LogP contribution in [0.5, 0.6) is 0 Å². The molecule has 0 aliphatic heterocycles. The summed E-state index contributed by atoms with van der Waals surface area (Å²) in [5.41, 5.74) is 0. The Morgan fingerprint density at radius 2 is 2.38 bits per heavy atom. The molecule has 0 amide bonds. The molecule has 2 aromatic heterocycles. The number of aryl methyl sites for hydroxylation is 1. The third-order valence-electron chi connectivity index (χ3n) is 2.29. The van der Waals surface area contributed by atoms with E-state index >= 15 is 0 Å². The molecule has 2 aromatic rings. The molecule has 0 aromatic carbocycles. The summed E-state index contributed by atoms with van der Waals surface area (Å²) >= 11 is 3.22. The zero-order chi connectivity index (χ0) is 11.4. The van der Waals surface area contributed by atoms with Gasteiger partial charge in [0.15, 0.2) is 0 Å². The van der Waals surface area contributed by atoms with E-state index in [0.29, 0.717) is 6.04 Å². The number of nitrogens with one attached hydrogen (secondary N) is 1. The van der Waals surface area contributed by atoms with Crippen molar-refractivity contribution < 1.29 is 0 Å². The van der Waals surface area contributed by atoms with Gasteiger partial charge in [-0.25, -0.2) is 4.98 Å². The van der Waals surface area contributed by atoms with Crippen molar-refractivity contribution in [3.8, 4) is 0 Å². The Labute approximate surface area is 104 Å². The van der Waals surface area contributed by atoms with Crippen LogP contribution in [0, 0.1) is 6.92 Å². The maximum atomic E-state index is 4.34. The molecule has 0 saturated heterocycles. The maximum Gasteiger partial charge on any atom is 0.203 e. The Kier molecular flexibility index (Phi) is 3.90. The average molecular weight is 253 g/mol. The number of aromatic nitrogens is 2. The van der Waals surface area contributed by atoms with Crippen LogP contribution in [0.1, 0.15) is 36.5 Å². The van der Waals surface area contributed by atoms with Crippen LogP contribution < -0.4 is 5.32 Å². The first-order chi connectivity index (χ1) is 7.79. The topological polar surface area (TPSA) is 37.8 Å². The minimum absolute atomic E-state index is 0.373. The fourth-order valence-corrected chi connectivity index (χ4v) is 3.01. The van der Waals surface area contributed by atoms with E-state index in [9.17, 15) is 0 Å². The van der Waals surface area contributed by atoms with Gasteiger partial charge in [-0.1, -0.05) is 19.4 Å². The lowest BCUT2D eigenvalue weighted by Crippen LogP contribution is -2.08. The molecule has 1 N–H and O–H groups in total. The molecule has 0 spiro atoms. The van der Waals surface area contributed by atoms with Gasteiger partial charge in [-0.05, 0) is 24.8 Å². The third kappa shape index (κ3) is 2.80. The molecule has 5 heteroatoms. The van der Waals surface area contributed by atoms with Crippen LogP contribution in [0.3, 0.4) is 0 Å². The van der Waals surface area contributed by atoms with Crippen molar-refractivity contribution >= 4 is 28.0 Å². The minimum Gasteiger partial charge on any atom is -0.353 e. The molecule has 16 heavy (non-hydrogen) atoms. The maximum absolute atomic E-state index is 4.34. The van der Waals surface area contributed by atoms with Gasteiger partial charge < -0.3 is 5.32 Å². The van der Waals surface area contributed by atoms with Crippen molar-refractivity contribution in [3.05, 3.63) is 28.2 Å². The lowest BCUT2D eigenvalue weighted by molar-refractivity contribution is 0.686. The van der Waals surface area contributed by atoms with E-state index in [0.717, 1.165) is 23.8 Å². The van der Waals surface area contributed by atoms with Crippen molar-refractivity contribution in [2.45, 2.75) is 32.7 Å². The van der Waals surface area contributed by atoms with Gasteiger partial charge >= 0.3 is 0 Å². The number of anilines is 1. The van der Waals surface area contributed by atoms with Gasteiger partial charge in [0, 0.05) is 16.4 Å². The summed E-state index contributed by atoms with van der Waals surface area (Å²) in [6.45, 7) is 4.12. The van der Waals surface area contributed by atoms with Crippen molar-refractivity contribution in [2.24, 2.45) is 0 Å². The molecule has 0 saturated carbocycles. The second kappa shape index (κ2) is 5.41. The number of rotatable bonds is 5. The number of hydrogen-bond acceptors (Lipinski definition) is 5. The fraction of sp³-hybridized carbons (Fsp3) is 0.455. The largest absolute Gasteiger partial charge is 0.353 e. The average Bonchev–Trinajstić information content (AvgIpc) is 2.88. The highest BCUT2D eigenvalue weighted by Crippen LogP contribution is 2.27. The normalized spacial score (nSPS) is 12.6. The van der Waals surface area contributed by atoms with Gasteiger partial charge in [0.1, 0.15) is 5.82 Å². The standard InChI is InChI=1S/C11H15N3S2/c1-3-5-9(10-6-4-7-15-10)13-11-12-8(2)14-16-11/h4,6-7,9H,3,5H2,1-2H3,(H,12,13,14). The highest BCUT2D eigenvalue weighted by molar-refractivity contribution is 7.10. The van der Waals surface area contributed by atoms with E-state index in [1.54, 1.807) is 11.3 Å². The summed E-state index contributed by atoms with van der Waals surface area (Å²) in [7, 11) is 0. The van der Waals surface area contributed by atoms with E-state index in [-0.39, 0.29) is 0 Å². The van der Waals surface area contributed by atoms with Crippen molar-refractivity contribution in [2.75, 3.05) is 5.32 Å². The van der Waals surface area contributed by atoms with E-state index in [1.165, 1.54) is 16.4 Å². The fourth-order valence-electron chi connectivity index (χ4n) is 1.57. The van der Waals surface area contributed by atoms with E-state index in [2.05, 4.69) is 39.1 Å². The van der Waals surface area contributed by atoms with E-state index in [1.807, 2.05) is 6.92 Å². The van der Waals surface area contributed by atoms with Crippen LogP contribution >= 0.6 is 22.9 Å². The minimum atomic E-state index is 0.373. The molecule has 86 valence electrons. The van der Waals surface area contributed by atoms with Crippen LogP contribution in [0.4, 0.5) is 5.13 Å². The Bertz CT molecular complexity index is 422. The van der Waals surface area contributed by atoms with Crippen LogP contribution in [-0.4, -0.2) is 9.36 Å². The molecule has 0 bridgehead atoms. The van der Waals surface area contributed by atoms with E-state index in [4.69, 9.17) is 0 Å². The molecule has 0 radical (unpaired) electrons. The summed E-state index contributed by atoms with van der Waals surface area (Å²) in [5, 5.41) is 6.50. The van der Waals surface area contributed by atoms with Gasteiger partial charge in [0.05, 0.1) is 6.04 Å². The van der Waals surface area contributed by atoms with Crippen molar-refractivity contribution in [3.63, 3.8) is 0 Å². The monoisotopic (exact) mass is 253 g/mol. The van der Waals surface area contributed by atoms with Crippen LogP contribution in [0.25, 0.3) is 0 Å². The highest BCUT2D eigenvalue weighted by Gasteiger charge is 2.13. The summed E-state index contributed by atoms with van der Waals surface area (Å²) in [6.07, 6.45) is 2.28. The summed E-state index contributed by atoms with van der Waals surface area (Å²) < 4.78 is 4.18. The van der Waals surface area contributed by atoms with Gasteiger partial charge in [-0.2, -0.15) is 4.37 Å². The van der Waals surface area contributed by atoms with Crippen molar-refractivity contribution in [1.29, 1.82) is 0 Å². The second-order valence-electron chi connectivity index (χ2n) is 3.65. The molecular formula is C11H15N3S2. The van der Waals surface area contributed by atoms with Crippen LogP contribution in [0.15, 0.2) is 17.5 Å². The predicted octanol–water partition coefficient (Wildman–Crippen LogP) is 3.86. The zero-order valence-electron chi connectivity index (χ0n) is 9.43. The zero-order valence-corrected chi connectivity index (χ0v) is 11.1. The molecule has 0 aliphatic carbocycles. The quantitative estimate of drug-likeness (QED) is 0.879. The lowest BCUT2D eigenvalue weighted by atomic mass is 10.1. The smallest absolute Gasteiger partial charge is 0.203 e. The Morgan fingerprint density at radius 3 is 2.94 bits per heavy atom. The van der Waals surface area contributed by atoms with Crippen LogP contribution in [0.2, 0.25) is 0 Å². The van der Waals surface area contributed by atoms with E-state index < -0.39 is 0 Å². The SMILES string of the molecule is CCCC(Nc1nc(C)ns1)c1cccs1. The molecule has 1 atom stereocenters. The Morgan fingerprint density at radius 1 is 1.50 bits per heavy atom. The second-order valence-corrected chi connectivity index (χ2v) is 5.38. The molecule has 2 heterocycles. The van der Waals surface area contributed by atoms with Crippen molar-refractivity contribution in [1.82, 2.24) is 9.36 Å². The highest BCUT2D eigenvalue weighted by atomic mass is 32.1. The molecule has 1 unspecified atom stereocenters. The Hall–Kier alpha value is -0.940. The first-order valence-corrected chi connectivity index (χ1v) is 7.05. The van der Waals surface area contributed by atoms with Gasteiger partial charge in [-0.15, -0.1) is 11.3 Å². The van der Waals surface area contributed by atoms with Gasteiger partial charge in [-0.3, -0.25) is 0 Å². The number of nitrogens with zero attached hydrogens (tertiary/aromatic N) is 2. The lowest BCUT2D eigenvalue weighted by Gasteiger charge is -2.15. The molecule has 0 fully saturated rings. The van der Waals surface area contributed by atoms with Gasteiger partial charge in [0.25, 0.3) is 0 Å². The first kappa shape index (κ1) is 11.5. The first-order valence-electron chi connectivity index (χ1n) is 5.40. The number of hydrogen-bond donors (Lipinski definition) is 1. The molecule has 2 rings (SSSR count). The molecule has 0 aliphatic rings. The molecular weight excluding hydrogens is 238 g/mol. The summed E-state index contributed by atoms with van der Waals surface area (Å²) in [4.78, 5) is 5.71. The molecule has 3 nitrogen and oxygen atoms in total. The summed E-state index contributed by atoms with van der Waals surface area (Å²) in [6, 6.07) is 4.64. The van der Waals surface area contributed by atoms with Crippen LogP contribution in [-0.2, 0) is 0 Å². The Balaban J connectivity index is 2.09. The predicted molar refractivity (Wildman–Crippen MR) is 70.2 cm³/mol.